The van der Waals surface area contributed by atoms with Gasteiger partial charge in [-0.1, -0.05) is 0 Å². The van der Waals surface area contributed by atoms with Crippen molar-refractivity contribution in [2.45, 2.75) is 43.9 Å². The fourth-order valence-electron chi connectivity index (χ4n) is 4.23. The molecule has 5 rings (SSSR count). The van der Waals surface area contributed by atoms with Crippen LogP contribution in [0.1, 0.15) is 37.5 Å². The second-order valence-corrected chi connectivity index (χ2v) is 8.53. The third kappa shape index (κ3) is 2.71. The number of benzene rings is 2. The fraction of sp³-hybridized carbons (Fsp3) is 0.318. The Bertz CT molecular complexity index is 1330. The number of aliphatic hydroxyl groups excluding tert-OH is 1. The monoisotopic (exact) mass is 428 g/mol. The quantitative estimate of drug-likeness (QED) is 0.395. The Labute approximate surface area is 175 Å². The maximum Gasteiger partial charge on any atom is 0.277 e. The minimum Gasteiger partial charge on any atom is -0.507 e. The van der Waals surface area contributed by atoms with Crippen LogP contribution in [0.5, 0.6) is 17.2 Å². The molecule has 0 spiro atoms. The lowest BCUT2D eigenvalue weighted by Gasteiger charge is -2.22. The van der Waals surface area contributed by atoms with Crippen LogP contribution in [0, 0.1) is 0 Å². The van der Waals surface area contributed by atoms with Crippen molar-refractivity contribution in [2.24, 2.45) is 0 Å². The highest BCUT2D eigenvalue weighted by Crippen LogP contribution is 2.52. The van der Waals surface area contributed by atoms with E-state index in [1.165, 1.54) is 44.4 Å². The first-order valence-corrected chi connectivity index (χ1v) is 9.63. The molecular formula is C22H20O9. The van der Waals surface area contributed by atoms with Gasteiger partial charge in [-0.15, -0.1) is 0 Å². The summed E-state index contributed by atoms with van der Waals surface area (Å²) in [6.07, 6.45) is 0.183. The molecule has 2 aliphatic heterocycles. The van der Waals surface area contributed by atoms with Crippen LogP contribution in [-0.2, 0) is 10.3 Å². The van der Waals surface area contributed by atoms with Crippen LogP contribution < -0.4 is 10.2 Å². The summed E-state index contributed by atoms with van der Waals surface area (Å²) in [4.78, 5) is 13.3. The summed E-state index contributed by atoms with van der Waals surface area (Å²) in [5.74, 6) is -0.880. The van der Waals surface area contributed by atoms with Gasteiger partial charge in [-0.3, -0.25) is 4.79 Å². The standard InChI is InChI=1S/C22H20O9/c1-21(2,27)8-11(24)9-3-4-10(23)14-17(25)15-12(30-19(9)14)7-13-16(18(15)26)22(28)5-6-29-20(22)31-13/h3-7,11,20,23-24,26-28H,8H2,1-2H3/t11-,20-,22+/m1/s1. The summed E-state index contributed by atoms with van der Waals surface area (Å²) in [7, 11) is 0. The van der Waals surface area contributed by atoms with Crippen molar-refractivity contribution in [1.82, 2.24) is 0 Å². The molecule has 0 aliphatic carbocycles. The van der Waals surface area contributed by atoms with E-state index in [-0.39, 0.29) is 45.2 Å². The molecule has 3 aromatic rings. The van der Waals surface area contributed by atoms with Crippen molar-refractivity contribution in [3.05, 3.63) is 51.9 Å². The lowest BCUT2D eigenvalue weighted by Crippen LogP contribution is -2.33. The molecule has 0 fully saturated rings. The zero-order chi connectivity index (χ0) is 22.3. The molecule has 0 saturated heterocycles. The van der Waals surface area contributed by atoms with Gasteiger partial charge in [0.2, 0.25) is 5.43 Å². The Kier molecular flexibility index (Phi) is 3.89. The topological polar surface area (TPSA) is 150 Å². The highest BCUT2D eigenvalue weighted by Gasteiger charge is 2.53. The highest BCUT2D eigenvalue weighted by atomic mass is 16.7. The number of aromatic hydroxyl groups is 2. The summed E-state index contributed by atoms with van der Waals surface area (Å²) in [6.45, 7) is 3.06. The molecule has 5 N–H and O–H groups in total. The van der Waals surface area contributed by atoms with Crippen LogP contribution in [0.3, 0.4) is 0 Å². The van der Waals surface area contributed by atoms with E-state index >= 15 is 0 Å². The summed E-state index contributed by atoms with van der Waals surface area (Å²) in [5.41, 5.74) is -3.72. The molecule has 9 nitrogen and oxygen atoms in total. The van der Waals surface area contributed by atoms with Gasteiger partial charge in [0.05, 0.1) is 23.5 Å². The van der Waals surface area contributed by atoms with Gasteiger partial charge in [-0.05, 0) is 32.1 Å². The van der Waals surface area contributed by atoms with E-state index < -0.39 is 40.5 Å². The van der Waals surface area contributed by atoms with Crippen LogP contribution >= 0.6 is 0 Å². The molecule has 0 saturated carbocycles. The first-order chi connectivity index (χ1) is 14.5. The highest BCUT2D eigenvalue weighted by molar-refractivity contribution is 5.98. The van der Waals surface area contributed by atoms with E-state index in [0.29, 0.717) is 0 Å². The Morgan fingerprint density at radius 1 is 1.23 bits per heavy atom. The second kappa shape index (κ2) is 6.13. The molecule has 3 heterocycles. The summed E-state index contributed by atoms with van der Waals surface area (Å²) in [5, 5.41) is 52.3. The molecule has 0 radical (unpaired) electrons. The van der Waals surface area contributed by atoms with Crippen LogP contribution in [0.2, 0.25) is 0 Å². The third-order valence-corrected chi connectivity index (χ3v) is 5.63. The van der Waals surface area contributed by atoms with Gasteiger partial charge in [0.1, 0.15) is 39.2 Å². The summed E-state index contributed by atoms with van der Waals surface area (Å²) < 4.78 is 16.6. The minimum absolute atomic E-state index is 0.0388. The maximum atomic E-state index is 13.3. The molecule has 0 amide bonds. The fourth-order valence-corrected chi connectivity index (χ4v) is 4.23. The zero-order valence-electron chi connectivity index (χ0n) is 16.6. The van der Waals surface area contributed by atoms with E-state index in [0.717, 1.165) is 0 Å². The third-order valence-electron chi connectivity index (χ3n) is 5.63. The molecule has 162 valence electrons. The van der Waals surface area contributed by atoms with Gasteiger partial charge >= 0.3 is 0 Å². The Morgan fingerprint density at radius 2 is 1.97 bits per heavy atom. The van der Waals surface area contributed by atoms with Crippen molar-refractivity contribution < 1.29 is 39.4 Å². The normalized spacial score (nSPS) is 22.9. The van der Waals surface area contributed by atoms with Crippen LogP contribution in [0.15, 0.2) is 39.7 Å². The maximum absolute atomic E-state index is 13.3. The molecule has 0 unspecified atom stereocenters. The molecule has 2 aromatic carbocycles. The predicted molar refractivity (Wildman–Crippen MR) is 108 cm³/mol. The van der Waals surface area contributed by atoms with Gasteiger partial charge in [-0.2, -0.15) is 0 Å². The van der Waals surface area contributed by atoms with Gasteiger partial charge in [0.25, 0.3) is 6.29 Å². The molecule has 9 heteroatoms. The van der Waals surface area contributed by atoms with E-state index in [9.17, 15) is 30.3 Å². The average molecular weight is 428 g/mol. The largest absolute Gasteiger partial charge is 0.507 e. The number of hydrogen-bond donors (Lipinski definition) is 5. The SMILES string of the molecule is CC(C)(O)C[C@@H](O)c1ccc(O)c2c(=O)c3c(O)c4c(cc3oc12)O[C@H]1OC=C[C@]41O. The second-order valence-electron chi connectivity index (χ2n) is 8.53. The van der Waals surface area contributed by atoms with Crippen LogP contribution in [-0.4, -0.2) is 37.4 Å². The molecular weight excluding hydrogens is 408 g/mol. The number of ether oxygens (including phenoxy) is 2. The summed E-state index contributed by atoms with van der Waals surface area (Å²) >= 11 is 0. The van der Waals surface area contributed by atoms with Gasteiger partial charge < -0.3 is 39.4 Å². The molecule has 2 aliphatic rings. The average Bonchev–Trinajstić information content (AvgIpc) is 3.13. The van der Waals surface area contributed by atoms with E-state index in [1.54, 1.807) is 0 Å². The van der Waals surface area contributed by atoms with Gasteiger partial charge in [0, 0.05) is 18.1 Å². The number of phenols is 2. The predicted octanol–water partition coefficient (Wildman–Crippen LogP) is 2.00. The smallest absolute Gasteiger partial charge is 0.277 e. The van der Waals surface area contributed by atoms with E-state index in [2.05, 4.69) is 0 Å². The first kappa shape index (κ1) is 19.7. The molecule has 31 heavy (non-hydrogen) atoms. The van der Waals surface area contributed by atoms with Gasteiger partial charge in [0.15, 0.2) is 5.60 Å². The number of hydrogen-bond acceptors (Lipinski definition) is 9. The number of fused-ring (bicyclic) bond motifs is 5. The first-order valence-electron chi connectivity index (χ1n) is 9.63. The Balaban J connectivity index is 1.82. The van der Waals surface area contributed by atoms with Crippen molar-refractivity contribution in [3.8, 4) is 17.2 Å². The van der Waals surface area contributed by atoms with Gasteiger partial charge in [-0.25, -0.2) is 0 Å². The molecule has 3 atom stereocenters. The number of rotatable bonds is 3. The van der Waals surface area contributed by atoms with E-state index in [1.807, 2.05) is 0 Å². The Hall–Kier alpha value is -3.27. The van der Waals surface area contributed by atoms with Crippen molar-refractivity contribution in [3.63, 3.8) is 0 Å². The minimum atomic E-state index is -1.78. The lowest BCUT2D eigenvalue weighted by atomic mass is 9.92. The van der Waals surface area contributed by atoms with Crippen molar-refractivity contribution in [2.75, 3.05) is 0 Å². The number of aliphatic hydroxyl groups is 3. The van der Waals surface area contributed by atoms with E-state index in [4.69, 9.17) is 13.9 Å². The molecule has 1 aromatic heterocycles. The van der Waals surface area contributed by atoms with Crippen LogP contribution in [0.25, 0.3) is 21.9 Å². The van der Waals surface area contributed by atoms with Crippen LogP contribution in [0.4, 0.5) is 0 Å². The molecule has 0 bridgehead atoms. The Morgan fingerprint density at radius 3 is 2.68 bits per heavy atom. The number of phenolic OH excluding ortho intramolecular Hbond substituents is 2. The zero-order valence-corrected chi connectivity index (χ0v) is 16.6. The van der Waals surface area contributed by atoms with Crippen molar-refractivity contribution in [1.29, 1.82) is 0 Å². The summed E-state index contributed by atoms with van der Waals surface area (Å²) in [6, 6.07) is 3.98. The lowest BCUT2D eigenvalue weighted by molar-refractivity contribution is -0.110. The van der Waals surface area contributed by atoms with Crippen molar-refractivity contribution >= 4 is 21.9 Å².